The topological polar surface area (TPSA) is 92.0 Å². The molecule has 174 valence electrons. The van der Waals surface area contributed by atoms with Gasteiger partial charge in [-0.15, -0.1) is 24.0 Å². The molecule has 3 rings (SSSR count). The fraction of sp³-hybridized carbons (Fsp3) is 0.400. The first-order valence-electron chi connectivity index (χ1n) is 9.89. The zero-order chi connectivity index (χ0) is 22.3. The summed E-state index contributed by atoms with van der Waals surface area (Å²) in [6.45, 7) is 4.29. The first-order valence-corrected chi connectivity index (χ1v) is 9.89. The van der Waals surface area contributed by atoms with Crippen molar-refractivity contribution in [2.45, 2.75) is 26.1 Å². The van der Waals surface area contributed by atoms with Crippen molar-refractivity contribution in [2.24, 2.45) is 4.99 Å². The van der Waals surface area contributed by atoms with Gasteiger partial charge in [0.05, 0.1) is 11.0 Å². The van der Waals surface area contributed by atoms with Gasteiger partial charge in [-0.1, -0.05) is 12.1 Å². The van der Waals surface area contributed by atoms with Gasteiger partial charge in [-0.3, -0.25) is 4.99 Å². The lowest BCUT2D eigenvalue weighted by molar-refractivity contribution is -0.141. The Morgan fingerprint density at radius 2 is 1.81 bits per heavy atom. The largest absolute Gasteiger partial charge is 0.433 e. The van der Waals surface area contributed by atoms with Crippen molar-refractivity contribution in [3.8, 4) is 0 Å². The van der Waals surface area contributed by atoms with E-state index < -0.39 is 11.9 Å². The van der Waals surface area contributed by atoms with Gasteiger partial charge in [0.2, 0.25) is 5.95 Å². The third-order valence-electron chi connectivity index (χ3n) is 4.57. The zero-order valence-electron chi connectivity index (χ0n) is 17.8. The van der Waals surface area contributed by atoms with Crippen LogP contribution in [0.15, 0.2) is 41.5 Å². The summed E-state index contributed by atoms with van der Waals surface area (Å²) in [5.74, 6) is 1.52. The Bertz CT molecular complexity index is 1040. The molecule has 2 heterocycles. The lowest BCUT2D eigenvalue weighted by Crippen LogP contribution is -2.40. The molecule has 0 saturated carbocycles. The van der Waals surface area contributed by atoms with Gasteiger partial charge < -0.3 is 20.5 Å². The van der Waals surface area contributed by atoms with Gasteiger partial charge in [0.15, 0.2) is 5.96 Å². The highest BCUT2D eigenvalue weighted by atomic mass is 127. The number of hydrogen-bond donors (Lipinski definition) is 3. The number of imidazole rings is 1. The molecule has 0 atom stereocenters. The van der Waals surface area contributed by atoms with Gasteiger partial charge in [0.1, 0.15) is 11.5 Å². The van der Waals surface area contributed by atoms with Gasteiger partial charge in [-0.05, 0) is 31.5 Å². The number of aryl methyl sites for hydroxylation is 2. The highest BCUT2D eigenvalue weighted by Crippen LogP contribution is 2.27. The Morgan fingerprint density at radius 3 is 2.56 bits per heavy atom. The molecule has 0 bridgehead atoms. The van der Waals surface area contributed by atoms with Crippen molar-refractivity contribution in [1.82, 2.24) is 30.2 Å². The molecule has 0 radical (unpaired) electrons. The molecule has 0 saturated heterocycles. The normalized spacial score (nSPS) is 11.8. The van der Waals surface area contributed by atoms with Gasteiger partial charge in [0, 0.05) is 39.4 Å². The number of alkyl halides is 3. The van der Waals surface area contributed by atoms with E-state index in [2.05, 4.69) is 46.5 Å². The molecule has 2 aromatic heterocycles. The van der Waals surface area contributed by atoms with Gasteiger partial charge >= 0.3 is 6.18 Å². The molecule has 0 spiro atoms. The van der Waals surface area contributed by atoms with E-state index >= 15 is 0 Å². The van der Waals surface area contributed by atoms with Crippen molar-refractivity contribution in [2.75, 3.05) is 32.0 Å². The van der Waals surface area contributed by atoms with E-state index in [0.717, 1.165) is 42.1 Å². The number of halogens is 4. The van der Waals surface area contributed by atoms with Gasteiger partial charge in [-0.25, -0.2) is 15.0 Å². The number of aromatic nitrogens is 4. The molecule has 0 unspecified atom stereocenters. The number of hydrogen-bond acceptors (Lipinski definition) is 5. The molecule has 0 amide bonds. The Kier molecular flexibility index (Phi) is 9.47. The number of nitrogens with zero attached hydrogens (tertiary/aromatic N) is 5. The maximum atomic E-state index is 12.7. The van der Waals surface area contributed by atoms with Crippen molar-refractivity contribution in [3.05, 3.63) is 48.0 Å². The first-order chi connectivity index (χ1) is 14.9. The second-order valence-corrected chi connectivity index (χ2v) is 6.77. The predicted octanol–water partition coefficient (Wildman–Crippen LogP) is 3.44. The summed E-state index contributed by atoms with van der Waals surface area (Å²) in [4.78, 5) is 16.0. The van der Waals surface area contributed by atoms with Gasteiger partial charge in [-0.2, -0.15) is 13.2 Å². The van der Waals surface area contributed by atoms with Crippen LogP contribution in [-0.4, -0.2) is 52.2 Å². The third-order valence-corrected chi connectivity index (χ3v) is 4.57. The van der Waals surface area contributed by atoms with Crippen LogP contribution in [0.2, 0.25) is 0 Å². The van der Waals surface area contributed by atoms with Crippen LogP contribution in [-0.2, 0) is 12.7 Å². The monoisotopic (exact) mass is 562 g/mol. The minimum Gasteiger partial charge on any atom is -0.356 e. The third kappa shape index (κ3) is 6.93. The van der Waals surface area contributed by atoms with Crippen LogP contribution < -0.4 is 16.0 Å². The summed E-state index contributed by atoms with van der Waals surface area (Å²) >= 11 is 0. The van der Waals surface area contributed by atoms with E-state index in [9.17, 15) is 13.2 Å². The Balaban J connectivity index is 0.00000363. The Morgan fingerprint density at radius 1 is 1.06 bits per heavy atom. The fourth-order valence-electron chi connectivity index (χ4n) is 3.10. The molecule has 0 aliphatic heterocycles. The minimum absolute atomic E-state index is 0. The maximum absolute atomic E-state index is 12.7. The van der Waals surface area contributed by atoms with Crippen LogP contribution in [0.25, 0.3) is 11.0 Å². The lowest BCUT2D eigenvalue weighted by Gasteiger charge is -2.13. The van der Waals surface area contributed by atoms with E-state index in [1.807, 2.05) is 25.1 Å². The molecule has 12 heteroatoms. The number of nitrogens with one attached hydrogen (secondary N) is 3. The number of benzene rings is 1. The first kappa shape index (κ1) is 25.6. The Labute approximate surface area is 201 Å². The van der Waals surface area contributed by atoms with Crippen molar-refractivity contribution >= 4 is 46.9 Å². The molecule has 8 nitrogen and oxygen atoms in total. The molecular weight excluding hydrogens is 536 g/mol. The van der Waals surface area contributed by atoms with Gasteiger partial charge in [0.25, 0.3) is 0 Å². The molecule has 3 aromatic rings. The maximum Gasteiger partial charge on any atom is 0.433 e. The summed E-state index contributed by atoms with van der Waals surface area (Å²) in [7, 11) is 1.66. The molecule has 3 N–H and O–H groups in total. The standard InChI is InChI=1S/C20H25F3N8.HI/c1-14-29-15-6-3-4-7-16(15)31(14)13-5-9-25-18(24-2)27-11-12-28-19-26-10-8-17(30-19)20(21,22)23;/h3-4,6-8,10H,5,9,11-13H2,1-2H3,(H2,24,25,27)(H,26,28,30);1H. The highest BCUT2D eigenvalue weighted by Gasteiger charge is 2.32. The van der Waals surface area contributed by atoms with E-state index in [1.54, 1.807) is 7.05 Å². The average molecular weight is 562 g/mol. The number of aliphatic imine (C=N–C) groups is 1. The molecule has 0 fully saturated rings. The number of para-hydroxylation sites is 2. The van der Waals surface area contributed by atoms with E-state index in [-0.39, 0.29) is 29.9 Å². The second kappa shape index (κ2) is 11.8. The molecule has 1 aromatic carbocycles. The SMILES string of the molecule is CN=C(NCCCn1c(C)nc2ccccc21)NCCNc1nccc(C(F)(F)F)n1.I. The number of anilines is 1. The van der Waals surface area contributed by atoms with Crippen LogP contribution in [0.5, 0.6) is 0 Å². The minimum atomic E-state index is -4.49. The second-order valence-electron chi connectivity index (χ2n) is 6.77. The van der Waals surface area contributed by atoms with Crippen LogP contribution in [0.3, 0.4) is 0 Å². The predicted molar refractivity (Wildman–Crippen MR) is 129 cm³/mol. The smallest absolute Gasteiger partial charge is 0.356 e. The Hall–Kier alpha value is -2.64. The lowest BCUT2D eigenvalue weighted by atomic mass is 10.3. The van der Waals surface area contributed by atoms with Crippen molar-refractivity contribution in [3.63, 3.8) is 0 Å². The highest BCUT2D eigenvalue weighted by molar-refractivity contribution is 14.0. The van der Waals surface area contributed by atoms with Crippen LogP contribution in [0.4, 0.5) is 19.1 Å². The zero-order valence-corrected chi connectivity index (χ0v) is 20.1. The molecular formula is C20H26F3IN8. The molecule has 0 aliphatic rings. The summed E-state index contributed by atoms with van der Waals surface area (Å²) in [6, 6.07) is 8.88. The van der Waals surface area contributed by atoms with E-state index in [4.69, 9.17) is 0 Å². The van der Waals surface area contributed by atoms with Crippen LogP contribution >= 0.6 is 24.0 Å². The number of rotatable bonds is 8. The van der Waals surface area contributed by atoms with Crippen LogP contribution in [0.1, 0.15) is 17.9 Å². The summed E-state index contributed by atoms with van der Waals surface area (Å²) in [6.07, 6.45) is -2.54. The number of guanidine groups is 1. The molecule has 0 aliphatic carbocycles. The average Bonchev–Trinajstić information content (AvgIpc) is 3.07. The van der Waals surface area contributed by atoms with E-state index in [0.29, 0.717) is 25.6 Å². The van der Waals surface area contributed by atoms with Crippen molar-refractivity contribution < 1.29 is 13.2 Å². The van der Waals surface area contributed by atoms with Crippen LogP contribution in [0, 0.1) is 6.92 Å². The quantitative estimate of drug-likeness (QED) is 0.169. The fourth-order valence-corrected chi connectivity index (χ4v) is 3.10. The van der Waals surface area contributed by atoms with E-state index in [1.165, 1.54) is 0 Å². The number of fused-ring (bicyclic) bond motifs is 1. The summed E-state index contributed by atoms with van der Waals surface area (Å²) in [5.41, 5.74) is 1.13. The van der Waals surface area contributed by atoms with Crippen molar-refractivity contribution in [1.29, 1.82) is 0 Å². The summed E-state index contributed by atoms with van der Waals surface area (Å²) in [5, 5.41) is 9.09. The summed E-state index contributed by atoms with van der Waals surface area (Å²) < 4.78 is 40.2. The molecule has 32 heavy (non-hydrogen) atoms.